The number of carbonyl (C=O) groups excluding carboxylic acids is 4. The summed E-state index contributed by atoms with van der Waals surface area (Å²) >= 11 is 1.44. The molecule has 14 heteroatoms. The number of aromatic nitrogens is 1. The number of thioether (sulfide) groups is 1. The maximum Gasteiger partial charge on any atom is 0.326 e. The number of primary amides is 1. The van der Waals surface area contributed by atoms with Crippen LogP contribution in [-0.2, 0) is 30.4 Å². The van der Waals surface area contributed by atoms with Crippen molar-refractivity contribution < 1.29 is 29.1 Å². The quantitative estimate of drug-likeness (QED) is 0.100. The maximum atomic E-state index is 13.3. The highest BCUT2D eigenvalue weighted by atomic mass is 32.2. The molecular formula is C27H41N7O6S. The SMILES string of the molecule is CSCCC(NC(=O)C(CCC(N)=O)NC(=O)C(N)CCCCN)C(=O)NC(Cc1c[nH]c2ccccc12)C(=O)O. The first-order chi connectivity index (χ1) is 19.6. The van der Waals surface area contributed by atoms with E-state index in [1.165, 1.54) is 11.8 Å². The first-order valence-corrected chi connectivity index (χ1v) is 14.9. The fraction of sp³-hybridized carbons (Fsp3) is 0.519. The normalized spacial score (nSPS) is 14.0. The van der Waals surface area contributed by atoms with E-state index in [4.69, 9.17) is 17.2 Å². The lowest BCUT2D eigenvalue weighted by atomic mass is 10.0. The molecule has 11 N–H and O–H groups in total. The van der Waals surface area contributed by atoms with E-state index in [2.05, 4.69) is 20.9 Å². The molecule has 0 spiro atoms. The second-order valence-corrected chi connectivity index (χ2v) is 10.7. The van der Waals surface area contributed by atoms with Crippen molar-refractivity contribution in [1.82, 2.24) is 20.9 Å². The average Bonchev–Trinajstić information content (AvgIpc) is 3.35. The van der Waals surface area contributed by atoms with Gasteiger partial charge in [0.1, 0.15) is 18.1 Å². The zero-order chi connectivity index (χ0) is 30.4. The Labute approximate surface area is 243 Å². The second-order valence-electron chi connectivity index (χ2n) is 9.76. The number of amides is 4. The van der Waals surface area contributed by atoms with Gasteiger partial charge in [0, 0.05) is 29.9 Å². The molecule has 0 bridgehead atoms. The topological polar surface area (TPSA) is 236 Å². The number of rotatable bonds is 19. The van der Waals surface area contributed by atoms with Crippen LogP contribution < -0.4 is 33.2 Å². The van der Waals surface area contributed by atoms with Gasteiger partial charge in [0.25, 0.3) is 0 Å². The minimum absolute atomic E-state index is 0.0214. The first-order valence-electron chi connectivity index (χ1n) is 13.5. The number of benzene rings is 1. The van der Waals surface area contributed by atoms with Crippen molar-refractivity contribution in [3.8, 4) is 0 Å². The molecular weight excluding hydrogens is 550 g/mol. The molecule has 0 fully saturated rings. The summed E-state index contributed by atoms with van der Waals surface area (Å²) in [6, 6.07) is 2.99. The monoisotopic (exact) mass is 591 g/mol. The lowest BCUT2D eigenvalue weighted by molar-refractivity contribution is -0.142. The third-order valence-corrected chi connectivity index (χ3v) is 7.22. The molecule has 0 aliphatic rings. The van der Waals surface area contributed by atoms with Crippen LogP contribution in [0.3, 0.4) is 0 Å². The molecule has 2 rings (SSSR count). The third kappa shape index (κ3) is 11.1. The predicted octanol–water partition coefficient (Wildman–Crippen LogP) is -0.276. The van der Waals surface area contributed by atoms with Crippen LogP contribution in [0.1, 0.15) is 44.1 Å². The van der Waals surface area contributed by atoms with Crippen LogP contribution in [0, 0.1) is 0 Å². The summed E-state index contributed by atoms with van der Waals surface area (Å²) in [5, 5.41) is 18.4. The van der Waals surface area contributed by atoms with Gasteiger partial charge in [-0.2, -0.15) is 11.8 Å². The largest absolute Gasteiger partial charge is 0.480 e. The van der Waals surface area contributed by atoms with E-state index in [9.17, 15) is 29.1 Å². The Kier molecular flexibility index (Phi) is 14.1. The molecule has 0 aliphatic heterocycles. The zero-order valence-electron chi connectivity index (χ0n) is 23.2. The van der Waals surface area contributed by atoms with Crippen LogP contribution in [-0.4, -0.2) is 82.4 Å². The number of aromatic amines is 1. The molecule has 1 aromatic heterocycles. The van der Waals surface area contributed by atoms with Gasteiger partial charge in [-0.05, 0) is 55.9 Å². The van der Waals surface area contributed by atoms with Gasteiger partial charge in [-0.15, -0.1) is 0 Å². The highest BCUT2D eigenvalue weighted by molar-refractivity contribution is 7.98. The molecule has 4 unspecified atom stereocenters. The number of hydrogen-bond acceptors (Lipinski definition) is 8. The van der Waals surface area contributed by atoms with Crippen molar-refractivity contribution >= 4 is 52.3 Å². The number of nitrogens with two attached hydrogens (primary N) is 3. The lowest BCUT2D eigenvalue weighted by Crippen LogP contribution is -2.57. The van der Waals surface area contributed by atoms with Crippen LogP contribution in [0.4, 0.5) is 0 Å². The number of para-hydroxylation sites is 1. The average molecular weight is 592 g/mol. The summed E-state index contributed by atoms with van der Waals surface area (Å²) < 4.78 is 0. The Morgan fingerprint density at radius 1 is 0.927 bits per heavy atom. The summed E-state index contributed by atoms with van der Waals surface area (Å²) in [6.45, 7) is 0.460. The number of fused-ring (bicyclic) bond motifs is 1. The van der Waals surface area contributed by atoms with Gasteiger partial charge in [0.05, 0.1) is 6.04 Å². The highest BCUT2D eigenvalue weighted by Crippen LogP contribution is 2.19. The number of nitrogens with one attached hydrogen (secondary N) is 4. The highest BCUT2D eigenvalue weighted by Gasteiger charge is 2.30. The third-order valence-electron chi connectivity index (χ3n) is 6.58. The Bertz CT molecular complexity index is 1190. The van der Waals surface area contributed by atoms with Gasteiger partial charge >= 0.3 is 5.97 Å². The van der Waals surface area contributed by atoms with Crippen molar-refractivity contribution in [2.75, 3.05) is 18.6 Å². The van der Waals surface area contributed by atoms with E-state index in [-0.39, 0.29) is 25.7 Å². The predicted molar refractivity (Wildman–Crippen MR) is 158 cm³/mol. The summed E-state index contributed by atoms with van der Waals surface area (Å²) in [7, 11) is 0. The lowest BCUT2D eigenvalue weighted by Gasteiger charge is -2.25. The van der Waals surface area contributed by atoms with Crippen LogP contribution >= 0.6 is 11.8 Å². The van der Waals surface area contributed by atoms with E-state index in [0.29, 0.717) is 31.6 Å². The second kappa shape index (κ2) is 17.3. The number of carboxylic acid groups (broad SMARTS) is 1. The van der Waals surface area contributed by atoms with Gasteiger partial charge in [0.15, 0.2) is 0 Å². The molecule has 0 aliphatic carbocycles. The fourth-order valence-corrected chi connectivity index (χ4v) is 4.71. The standard InChI is InChI=1S/C27H41N7O6S/c1-41-13-11-21(26(38)34-22(27(39)40)14-16-15-31-19-8-3-2-6-17(16)19)33-25(37)20(9-10-23(30)35)32-24(36)18(29)7-4-5-12-28/h2-3,6,8,15,18,20-22,31H,4-5,7,9-14,28-29H2,1H3,(H2,30,35)(H,32,36)(H,33,37)(H,34,38)(H,39,40). The van der Waals surface area contributed by atoms with Crippen molar-refractivity contribution in [2.45, 2.75) is 69.1 Å². The number of unbranched alkanes of at least 4 members (excludes halogenated alkanes) is 1. The maximum absolute atomic E-state index is 13.3. The molecule has 4 amide bonds. The number of aliphatic carboxylic acids is 1. The minimum Gasteiger partial charge on any atom is -0.480 e. The minimum atomic E-state index is -1.26. The Morgan fingerprint density at radius 2 is 1.56 bits per heavy atom. The molecule has 0 radical (unpaired) electrons. The smallest absolute Gasteiger partial charge is 0.326 e. The summed E-state index contributed by atoms with van der Waals surface area (Å²) in [4.78, 5) is 65.7. The van der Waals surface area contributed by atoms with E-state index in [1.54, 1.807) is 6.20 Å². The van der Waals surface area contributed by atoms with Gasteiger partial charge in [-0.3, -0.25) is 19.2 Å². The Hall–Kier alpha value is -3.62. The number of H-pyrrole nitrogens is 1. The Balaban J connectivity index is 2.15. The van der Waals surface area contributed by atoms with Crippen molar-refractivity contribution in [2.24, 2.45) is 17.2 Å². The van der Waals surface area contributed by atoms with Crippen LogP contribution in [0.2, 0.25) is 0 Å². The summed E-state index contributed by atoms with van der Waals surface area (Å²) in [6.07, 6.45) is 5.15. The first kappa shape index (κ1) is 33.6. The van der Waals surface area contributed by atoms with E-state index < -0.39 is 53.8 Å². The van der Waals surface area contributed by atoms with Crippen LogP contribution in [0.5, 0.6) is 0 Å². The van der Waals surface area contributed by atoms with Gasteiger partial charge in [-0.1, -0.05) is 24.6 Å². The van der Waals surface area contributed by atoms with E-state index in [1.807, 2.05) is 30.5 Å². The zero-order valence-corrected chi connectivity index (χ0v) is 24.0. The number of carbonyl (C=O) groups is 5. The van der Waals surface area contributed by atoms with Crippen molar-refractivity contribution in [1.29, 1.82) is 0 Å². The summed E-state index contributed by atoms with van der Waals surface area (Å²) in [5.41, 5.74) is 18.2. The van der Waals surface area contributed by atoms with Crippen molar-refractivity contribution in [3.05, 3.63) is 36.0 Å². The Morgan fingerprint density at radius 3 is 2.20 bits per heavy atom. The van der Waals surface area contributed by atoms with Gasteiger partial charge in [0.2, 0.25) is 23.6 Å². The fourth-order valence-electron chi connectivity index (χ4n) is 4.24. The molecule has 13 nitrogen and oxygen atoms in total. The van der Waals surface area contributed by atoms with Crippen LogP contribution in [0.25, 0.3) is 10.9 Å². The van der Waals surface area contributed by atoms with Crippen LogP contribution in [0.15, 0.2) is 30.5 Å². The summed E-state index contributed by atoms with van der Waals surface area (Å²) in [5.74, 6) is -3.38. The molecule has 2 aromatic rings. The molecule has 0 saturated heterocycles. The molecule has 4 atom stereocenters. The van der Waals surface area contributed by atoms with E-state index in [0.717, 1.165) is 16.5 Å². The number of hydrogen-bond donors (Lipinski definition) is 8. The molecule has 226 valence electrons. The van der Waals surface area contributed by atoms with Crippen molar-refractivity contribution in [3.63, 3.8) is 0 Å². The molecule has 1 heterocycles. The number of carboxylic acids is 1. The van der Waals surface area contributed by atoms with E-state index >= 15 is 0 Å². The van der Waals surface area contributed by atoms with Gasteiger partial charge < -0.3 is 43.2 Å². The van der Waals surface area contributed by atoms with Gasteiger partial charge in [-0.25, -0.2) is 4.79 Å². The molecule has 1 aromatic carbocycles. The molecule has 41 heavy (non-hydrogen) atoms. The molecule has 0 saturated carbocycles.